The second-order valence-electron chi connectivity index (χ2n) is 1.57. The van der Waals surface area contributed by atoms with Crippen LogP contribution in [0.15, 0.2) is 0 Å². The Bertz CT molecular complexity index is 158. The normalized spacial score (nSPS) is 11.5. The van der Waals surface area contributed by atoms with E-state index in [1.807, 2.05) is 0 Å². The molecule has 0 saturated carbocycles. The number of alkyl halides is 6. The number of nitrogens with one attached hydrogen (secondary N) is 2. The van der Waals surface area contributed by atoms with Gasteiger partial charge >= 0.3 is 12.6 Å². The van der Waals surface area contributed by atoms with Crippen LogP contribution in [0.4, 0.5) is 26.3 Å². The van der Waals surface area contributed by atoms with Gasteiger partial charge in [-0.05, 0) is 12.2 Å². The van der Waals surface area contributed by atoms with Gasteiger partial charge in [0.05, 0.1) is 0 Å². The summed E-state index contributed by atoms with van der Waals surface area (Å²) in [4.78, 5) is 0. The van der Waals surface area contributed by atoms with Crippen LogP contribution < -0.4 is 10.6 Å². The van der Waals surface area contributed by atoms with Crippen LogP contribution in [0.25, 0.3) is 0 Å². The molecule has 0 bridgehead atoms. The van der Waals surface area contributed by atoms with Crippen LogP contribution in [0, 0.1) is 0 Å². The SMILES string of the molecule is FC(F)(F)NC(=S)NC(F)(F)F.I. The molecular formula is C3H3F6IN2S. The summed E-state index contributed by atoms with van der Waals surface area (Å²) < 4.78 is 67.7. The van der Waals surface area contributed by atoms with Crippen LogP contribution in [-0.2, 0) is 0 Å². The predicted molar refractivity (Wildman–Crippen MR) is 46.4 cm³/mol. The zero-order valence-electron chi connectivity index (χ0n) is 5.58. The molecule has 2 N–H and O–H groups in total. The minimum atomic E-state index is -4.96. The van der Waals surface area contributed by atoms with E-state index in [2.05, 4.69) is 12.2 Å². The van der Waals surface area contributed by atoms with E-state index in [-0.39, 0.29) is 24.0 Å². The van der Waals surface area contributed by atoms with E-state index in [1.54, 1.807) is 0 Å². The Morgan fingerprint density at radius 2 is 1.08 bits per heavy atom. The highest BCUT2D eigenvalue weighted by atomic mass is 127. The molecule has 0 aliphatic heterocycles. The molecule has 0 heterocycles. The Labute approximate surface area is 91.1 Å². The molecule has 0 aliphatic rings. The van der Waals surface area contributed by atoms with E-state index < -0.39 is 17.7 Å². The summed E-state index contributed by atoms with van der Waals surface area (Å²) in [5.74, 6) is 0. The fraction of sp³-hybridized carbons (Fsp3) is 0.667. The van der Waals surface area contributed by atoms with Gasteiger partial charge < -0.3 is 0 Å². The van der Waals surface area contributed by atoms with Crippen molar-refractivity contribution >= 4 is 41.3 Å². The number of hydrogen-bond acceptors (Lipinski definition) is 1. The van der Waals surface area contributed by atoms with Crippen molar-refractivity contribution in [2.75, 3.05) is 0 Å². The molecule has 80 valence electrons. The first-order chi connectivity index (χ1) is 5.10. The Hall–Kier alpha value is -0.000000000000000222. The molecule has 0 radical (unpaired) electrons. The van der Waals surface area contributed by atoms with E-state index in [1.165, 1.54) is 0 Å². The standard InChI is InChI=1S/C3H2F6N2S.HI/c4-2(5,6)10-1(12)11-3(7,8)9;/h(H2,10,11,12);1H. The first-order valence-electron chi connectivity index (χ1n) is 2.34. The molecule has 0 aromatic rings. The minimum Gasteiger partial charge on any atom is -0.274 e. The number of hydrogen-bond donors (Lipinski definition) is 2. The van der Waals surface area contributed by atoms with Gasteiger partial charge in [0.15, 0.2) is 5.11 Å². The monoisotopic (exact) mass is 340 g/mol. The molecule has 10 heteroatoms. The van der Waals surface area contributed by atoms with Gasteiger partial charge in [0.1, 0.15) is 0 Å². The average Bonchev–Trinajstić information content (AvgIpc) is 1.49. The van der Waals surface area contributed by atoms with Gasteiger partial charge in [-0.3, -0.25) is 10.6 Å². The summed E-state index contributed by atoms with van der Waals surface area (Å²) in [5, 5.41) is -0.580. The molecule has 0 saturated heterocycles. The zero-order valence-corrected chi connectivity index (χ0v) is 8.73. The van der Waals surface area contributed by atoms with Crippen molar-refractivity contribution < 1.29 is 26.3 Å². The largest absolute Gasteiger partial charge is 0.484 e. The van der Waals surface area contributed by atoms with Crippen LogP contribution in [-0.4, -0.2) is 17.7 Å². The first kappa shape index (κ1) is 15.5. The van der Waals surface area contributed by atoms with Gasteiger partial charge in [-0.1, -0.05) is 0 Å². The van der Waals surface area contributed by atoms with E-state index in [0.29, 0.717) is 10.6 Å². The quantitative estimate of drug-likeness (QED) is 0.306. The lowest BCUT2D eigenvalue weighted by Gasteiger charge is -2.13. The minimum absolute atomic E-state index is 0. The second-order valence-corrected chi connectivity index (χ2v) is 1.98. The van der Waals surface area contributed by atoms with Gasteiger partial charge in [-0.25, -0.2) is 0 Å². The summed E-state index contributed by atoms with van der Waals surface area (Å²) in [6, 6.07) is 0. The maximum absolute atomic E-state index is 11.3. The molecule has 0 amide bonds. The van der Waals surface area contributed by atoms with Crippen molar-refractivity contribution in [2.24, 2.45) is 0 Å². The van der Waals surface area contributed by atoms with E-state index in [9.17, 15) is 26.3 Å². The molecule has 0 fully saturated rings. The highest BCUT2D eigenvalue weighted by Gasteiger charge is 2.34. The fourth-order valence-corrected chi connectivity index (χ4v) is 0.520. The molecule has 0 aliphatic carbocycles. The van der Waals surface area contributed by atoms with Gasteiger partial charge in [0, 0.05) is 0 Å². The summed E-state index contributed by atoms with van der Waals surface area (Å²) in [7, 11) is 0. The third-order valence-electron chi connectivity index (χ3n) is 0.511. The highest BCUT2D eigenvalue weighted by molar-refractivity contribution is 14.0. The first-order valence-corrected chi connectivity index (χ1v) is 2.75. The molecule has 0 unspecified atom stereocenters. The molecular weight excluding hydrogens is 337 g/mol. The summed E-state index contributed by atoms with van der Waals surface area (Å²) >= 11 is 3.69. The van der Waals surface area contributed by atoms with Gasteiger partial charge in [-0.2, -0.15) is 26.3 Å². The van der Waals surface area contributed by atoms with Crippen LogP contribution in [0.1, 0.15) is 0 Å². The number of halogens is 7. The van der Waals surface area contributed by atoms with E-state index in [0.717, 1.165) is 0 Å². The molecule has 13 heavy (non-hydrogen) atoms. The zero-order chi connectivity index (χ0) is 9.99. The van der Waals surface area contributed by atoms with Crippen LogP contribution in [0.3, 0.4) is 0 Å². The predicted octanol–water partition coefficient (Wildman–Crippen LogP) is 2.11. The Kier molecular flexibility index (Phi) is 5.98. The smallest absolute Gasteiger partial charge is 0.274 e. The number of rotatable bonds is 0. The average molecular weight is 340 g/mol. The highest BCUT2D eigenvalue weighted by Crippen LogP contribution is 2.12. The maximum atomic E-state index is 11.3. The fourth-order valence-electron chi connectivity index (χ4n) is 0.289. The van der Waals surface area contributed by atoms with Crippen molar-refractivity contribution in [3.8, 4) is 0 Å². The topological polar surface area (TPSA) is 24.1 Å². The number of thiocarbonyl (C=S) groups is 1. The van der Waals surface area contributed by atoms with E-state index in [4.69, 9.17) is 0 Å². The molecule has 2 nitrogen and oxygen atoms in total. The van der Waals surface area contributed by atoms with Crippen molar-refractivity contribution in [2.45, 2.75) is 12.6 Å². The van der Waals surface area contributed by atoms with Gasteiger partial charge in [0.25, 0.3) is 0 Å². The van der Waals surface area contributed by atoms with Crippen molar-refractivity contribution in [1.82, 2.24) is 10.6 Å². The lowest BCUT2D eigenvalue weighted by molar-refractivity contribution is -0.154. The lowest BCUT2D eigenvalue weighted by atomic mass is 10.9. The summed E-state index contributed by atoms with van der Waals surface area (Å²) in [6.07, 6.45) is -9.93. The second kappa shape index (κ2) is 5.02. The van der Waals surface area contributed by atoms with Crippen molar-refractivity contribution in [3.05, 3.63) is 0 Å². The Morgan fingerprint density at radius 3 is 1.23 bits per heavy atom. The third kappa shape index (κ3) is 12.0. The van der Waals surface area contributed by atoms with Crippen molar-refractivity contribution in [3.63, 3.8) is 0 Å². The summed E-state index contributed by atoms with van der Waals surface area (Å²) in [6.45, 7) is 0. The van der Waals surface area contributed by atoms with Crippen LogP contribution >= 0.6 is 36.2 Å². The third-order valence-corrected chi connectivity index (χ3v) is 0.715. The van der Waals surface area contributed by atoms with Gasteiger partial charge in [-0.15, -0.1) is 24.0 Å². The molecule has 0 aromatic carbocycles. The maximum Gasteiger partial charge on any atom is 0.484 e. The van der Waals surface area contributed by atoms with Crippen LogP contribution in [0.2, 0.25) is 0 Å². The lowest BCUT2D eigenvalue weighted by Crippen LogP contribution is -2.48. The van der Waals surface area contributed by atoms with Gasteiger partial charge in [0.2, 0.25) is 0 Å². The molecule has 0 atom stereocenters. The Balaban J connectivity index is 0. The van der Waals surface area contributed by atoms with E-state index >= 15 is 0 Å². The molecule has 0 spiro atoms. The molecule has 0 aromatic heterocycles. The Morgan fingerprint density at radius 1 is 0.846 bits per heavy atom. The van der Waals surface area contributed by atoms with Crippen molar-refractivity contribution in [1.29, 1.82) is 0 Å². The summed E-state index contributed by atoms with van der Waals surface area (Å²) in [5.41, 5.74) is 0. The molecule has 0 rings (SSSR count). The van der Waals surface area contributed by atoms with Crippen LogP contribution in [0.5, 0.6) is 0 Å².